The van der Waals surface area contributed by atoms with Gasteiger partial charge in [0.05, 0.1) is 5.56 Å². The molecule has 3 rings (SSSR count). The molecule has 0 bridgehead atoms. The average Bonchev–Trinajstić information content (AvgIpc) is 2.53. The second-order valence-electron chi connectivity index (χ2n) is 4.84. The molecule has 0 fully saturated rings. The number of hydrogen-bond acceptors (Lipinski definition) is 2. The van der Waals surface area contributed by atoms with Crippen molar-refractivity contribution in [3.05, 3.63) is 81.8 Å². The maximum atomic E-state index is 12.3. The highest BCUT2D eigenvalue weighted by atomic mass is 35.5. The van der Waals surface area contributed by atoms with Gasteiger partial charge in [0.1, 0.15) is 6.61 Å². The fourth-order valence-electron chi connectivity index (χ4n) is 2.26. The van der Waals surface area contributed by atoms with Gasteiger partial charge in [-0.2, -0.15) is 0 Å². The van der Waals surface area contributed by atoms with Gasteiger partial charge in [-0.05, 0) is 29.0 Å². The largest absolute Gasteiger partial charge is 0.457 e. The Morgan fingerprint density at radius 3 is 2.55 bits per heavy atom. The summed E-state index contributed by atoms with van der Waals surface area (Å²) in [4.78, 5) is 12.3. The molecule has 3 aromatic rings. The molecule has 0 aromatic heterocycles. The van der Waals surface area contributed by atoms with Crippen LogP contribution in [0.15, 0.2) is 60.7 Å². The molecule has 22 heavy (non-hydrogen) atoms. The molecule has 0 saturated heterocycles. The number of carbonyl (C=O) groups is 1. The minimum atomic E-state index is -0.372. The van der Waals surface area contributed by atoms with E-state index in [0.29, 0.717) is 15.6 Å². The fourth-order valence-corrected chi connectivity index (χ4v) is 2.73. The lowest BCUT2D eigenvalue weighted by molar-refractivity contribution is 0.0475. The molecule has 0 atom stereocenters. The van der Waals surface area contributed by atoms with Crippen LogP contribution < -0.4 is 0 Å². The number of benzene rings is 3. The fraction of sp³-hybridized carbons (Fsp3) is 0.0556. The van der Waals surface area contributed by atoms with Gasteiger partial charge in [-0.15, -0.1) is 0 Å². The van der Waals surface area contributed by atoms with Crippen LogP contribution in [0.2, 0.25) is 10.0 Å². The van der Waals surface area contributed by atoms with Crippen molar-refractivity contribution in [2.45, 2.75) is 6.61 Å². The lowest BCUT2D eigenvalue weighted by atomic mass is 10.0. The van der Waals surface area contributed by atoms with E-state index in [9.17, 15) is 4.79 Å². The third-order valence-electron chi connectivity index (χ3n) is 3.38. The maximum absolute atomic E-state index is 12.3. The lowest BCUT2D eigenvalue weighted by Crippen LogP contribution is -2.06. The SMILES string of the molecule is O=C(OCc1ccc(Cl)cc1Cl)c1cccc2ccccc12. The van der Waals surface area contributed by atoms with E-state index in [1.807, 2.05) is 36.4 Å². The third kappa shape index (κ3) is 3.08. The van der Waals surface area contributed by atoms with Gasteiger partial charge in [0, 0.05) is 15.6 Å². The van der Waals surface area contributed by atoms with Crippen LogP contribution in [0.5, 0.6) is 0 Å². The van der Waals surface area contributed by atoms with E-state index in [1.54, 1.807) is 24.3 Å². The Hall–Kier alpha value is -2.03. The van der Waals surface area contributed by atoms with Crippen molar-refractivity contribution < 1.29 is 9.53 Å². The summed E-state index contributed by atoms with van der Waals surface area (Å²) in [6, 6.07) is 18.4. The zero-order valence-electron chi connectivity index (χ0n) is 11.6. The Balaban J connectivity index is 1.82. The molecular weight excluding hydrogens is 319 g/mol. The molecular formula is C18H12Cl2O2. The van der Waals surface area contributed by atoms with Crippen molar-refractivity contribution in [2.24, 2.45) is 0 Å². The van der Waals surface area contributed by atoms with Crippen molar-refractivity contribution in [3.63, 3.8) is 0 Å². The van der Waals surface area contributed by atoms with Crippen LogP contribution in [0.4, 0.5) is 0 Å². The van der Waals surface area contributed by atoms with E-state index in [4.69, 9.17) is 27.9 Å². The second-order valence-corrected chi connectivity index (χ2v) is 5.68. The number of rotatable bonds is 3. The standard InChI is InChI=1S/C18H12Cl2O2/c19-14-9-8-13(17(20)10-14)11-22-18(21)16-7-3-5-12-4-1-2-6-15(12)16/h1-10H,11H2. The van der Waals surface area contributed by atoms with Crippen LogP contribution in [0.3, 0.4) is 0 Å². The Morgan fingerprint density at radius 1 is 0.955 bits per heavy atom. The molecule has 0 radical (unpaired) electrons. The van der Waals surface area contributed by atoms with Crippen molar-refractivity contribution >= 4 is 39.9 Å². The summed E-state index contributed by atoms with van der Waals surface area (Å²) < 4.78 is 5.38. The van der Waals surface area contributed by atoms with Gasteiger partial charge in [-0.25, -0.2) is 4.79 Å². The summed E-state index contributed by atoms with van der Waals surface area (Å²) >= 11 is 11.9. The van der Waals surface area contributed by atoms with Gasteiger partial charge in [0.25, 0.3) is 0 Å². The van der Waals surface area contributed by atoms with Gasteiger partial charge in [-0.3, -0.25) is 0 Å². The molecule has 0 saturated carbocycles. The molecule has 110 valence electrons. The molecule has 0 heterocycles. The summed E-state index contributed by atoms with van der Waals surface area (Å²) in [6.45, 7) is 0.109. The highest BCUT2D eigenvalue weighted by molar-refractivity contribution is 6.35. The summed E-state index contributed by atoms with van der Waals surface area (Å²) in [5.41, 5.74) is 1.27. The highest BCUT2D eigenvalue weighted by Gasteiger charge is 2.12. The minimum Gasteiger partial charge on any atom is -0.457 e. The van der Waals surface area contributed by atoms with Gasteiger partial charge in [0.15, 0.2) is 0 Å². The normalized spacial score (nSPS) is 10.6. The zero-order chi connectivity index (χ0) is 15.5. The monoisotopic (exact) mass is 330 g/mol. The summed E-state index contributed by atoms with van der Waals surface area (Å²) in [5.74, 6) is -0.372. The van der Waals surface area contributed by atoms with E-state index in [1.165, 1.54) is 0 Å². The van der Waals surface area contributed by atoms with Crippen molar-refractivity contribution in [1.82, 2.24) is 0 Å². The molecule has 0 unspecified atom stereocenters. The molecule has 3 aromatic carbocycles. The Bertz CT molecular complexity index is 838. The van der Waals surface area contributed by atoms with E-state index in [-0.39, 0.29) is 12.6 Å². The number of carbonyl (C=O) groups excluding carboxylic acids is 1. The molecule has 0 aliphatic heterocycles. The molecule has 0 spiro atoms. The first-order valence-corrected chi connectivity index (χ1v) is 7.49. The molecule has 2 nitrogen and oxygen atoms in total. The Morgan fingerprint density at radius 2 is 1.73 bits per heavy atom. The number of esters is 1. The van der Waals surface area contributed by atoms with Gasteiger partial charge < -0.3 is 4.74 Å². The van der Waals surface area contributed by atoms with Crippen LogP contribution in [-0.4, -0.2) is 5.97 Å². The van der Waals surface area contributed by atoms with Gasteiger partial charge in [0.2, 0.25) is 0 Å². The Kier molecular flexibility index (Phi) is 4.32. The average molecular weight is 331 g/mol. The first kappa shape index (κ1) is 14.9. The minimum absolute atomic E-state index is 0.109. The maximum Gasteiger partial charge on any atom is 0.339 e. The van der Waals surface area contributed by atoms with E-state index < -0.39 is 0 Å². The predicted octanol–water partition coefficient (Wildman–Crippen LogP) is 5.50. The van der Waals surface area contributed by atoms with Crippen LogP contribution in [0.25, 0.3) is 10.8 Å². The quantitative estimate of drug-likeness (QED) is 0.592. The predicted molar refractivity (Wildman–Crippen MR) is 89.5 cm³/mol. The highest BCUT2D eigenvalue weighted by Crippen LogP contribution is 2.23. The van der Waals surface area contributed by atoms with Crippen molar-refractivity contribution in [3.8, 4) is 0 Å². The Labute approximate surface area is 138 Å². The number of hydrogen-bond donors (Lipinski definition) is 0. The van der Waals surface area contributed by atoms with Crippen molar-refractivity contribution in [2.75, 3.05) is 0 Å². The first-order chi connectivity index (χ1) is 10.6. The molecule has 0 N–H and O–H groups in total. The van der Waals surface area contributed by atoms with Crippen LogP contribution in [-0.2, 0) is 11.3 Å². The van der Waals surface area contributed by atoms with Crippen molar-refractivity contribution in [1.29, 1.82) is 0 Å². The summed E-state index contributed by atoms with van der Waals surface area (Å²) in [5, 5.41) is 2.91. The van der Waals surface area contributed by atoms with E-state index in [2.05, 4.69) is 0 Å². The van der Waals surface area contributed by atoms with Crippen LogP contribution in [0.1, 0.15) is 15.9 Å². The zero-order valence-corrected chi connectivity index (χ0v) is 13.1. The summed E-state index contributed by atoms with van der Waals surface area (Å²) in [7, 11) is 0. The van der Waals surface area contributed by atoms with Gasteiger partial charge >= 0.3 is 5.97 Å². The van der Waals surface area contributed by atoms with E-state index >= 15 is 0 Å². The summed E-state index contributed by atoms with van der Waals surface area (Å²) in [6.07, 6.45) is 0. The van der Waals surface area contributed by atoms with Gasteiger partial charge in [-0.1, -0.05) is 65.7 Å². The molecule has 0 aliphatic carbocycles. The number of ether oxygens (including phenoxy) is 1. The third-order valence-corrected chi connectivity index (χ3v) is 3.97. The lowest BCUT2D eigenvalue weighted by Gasteiger charge is -2.09. The molecule has 4 heteroatoms. The van der Waals surface area contributed by atoms with Crippen LogP contribution >= 0.6 is 23.2 Å². The second kappa shape index (κ2) is 6.39. The topological polar surface area (TPSA) is 26.3 Å². The smallest absolute Gasteiger partial charge is 0.339 e. The van der Waals surface area contributed by atoms with E-state index in [0.717, 1.165) is 16.3 Å². The first-order valence-electron chi connectivity index (χ1n) is 6.74. The molecule has 0 aliphatic rings. The molecule has 0 amide bonds. The van der Waals surface area contributed by atoms with Crippen LogP contribution in [0, 0.1) is 0 Å². The number of halogens is 2. The number of fused-ring (bicyclic) bond motifs is 1.